The van der Waals surface area contributed by atoms with Gasteiger partial charge in [0.05, 0.1) is 0 Å². The van der Waals surface area contributed by atoms with Crippen LogP contribution in [-0.4, -0.2) is 36.4 Å². The predicted molar refractivity (Wildman–Crippen MR) is 74.0 cm³/mol. The minimum atomic E-state index is 0.158. The number of thiazole rings is 1. The summed E-state index contributed by atoms with van der Waals surface area (Å²) < 4.78 is 6.35. The van der Waals surface area contributed by atoms with Gasteiger partial charge in [0, 0.05) is 43.0 Å². The summed E-state index contributed by atoms with van der Waals surface area (Å²) >= 11 is 3.41. The van der Waals surface area contributed by atoms with Gasteiger partial charge in [-0.05, 0) is 19.3 Å². The topological polar surface area (TPSA) is 51.2 Å². The van der Waals surface area contributed by atoms with Gasteiger partial charge in [-0.15, -0.1) is 11.3 Å². The molecule has 0 saturated carbocycles. The Hall–Kier alpha value is -0.590. The van der Waals surface area contributed by atoms with E-state index in [9.17, 15) is 4.79 Å². The van der Waals surface area contributed by atoms with Crippen molar-refractivity contribution in [3.8, 4) is 0 Å². The summed E-state index contributed by atoms with van der Waals surface area (Å²) in [5.41, 5.74) is 0. The van der Waals surface area contributed by atoms with E-state index in [1.807, 2.05) is 11.6 Å². The molecule has 4 nitrogen and oxygen atoms in total. The normalized spacial score (nSPS) is 16.7. The lowest BCUT2D eigenvalue weighted by molar-refractivity contribution is -0.127. The Morgan fingerprint density at radius 3 is 3.11 bits per heavy atom. The maximum Gasteiger partial charge on any atom is 0.223 e. The van der Waals surface area contributed by atoms with Crippen LogP contribution in [0.2, 0.25) is 0 Å². The van der Waals surface area contributed by atoms with Crippen LogP contribution in [0, 0.1) is 5.92 Å². The van der Waals surface area contributed by atoms with Gasteiger partial charge in [0.2, 0.25) is 5.91 Å². The van der Waals surface area contributed by atoms with E-state index in [0.29, 0.717) is 0 Å². The Bertz CT molecular complexity index is 351. The zero-order chi connectivity index (χ0) is 12.6. The molecule has 0 aromatic carbocycles. The Labute approximate surface area is 116 Å². The van der Waals surface area contributed by atoms with Crippen LogP contribution in [0.15, 0.2) is 15.9 Å². The zero-order valence-electron chi connectivity index (χ0n) is 10.3. The fourth-order valence-electron chi connectivity index (χ4n) is 1.83. The van der Waals surface area contributed by atoms with Gasteiger partial charge in [0.1, 0.15) is 4.34 Å². The third-order valence-electron chi connectivity index (χ3n) is 2.85. The number of nitrogens with zero attached hydrogens (tertiary/aromatic N) is 1. The van der Waals surface area contributed by atoms with Gasteiger partial charge in [-0.1, -0.05) is 11.8 Å². The molecule has 1 aliphatic rings. The van der Waals surface area contributed by atoms with Gasteiger partial charge in [-0.25, -0.2) is 4.98 Å². The first-order valence-electron chi connectivity index (χ1n) is 6.24. The monoisotopic (exact) mass is 286 g/mol. The molecular formula is C12H18N2O2S2. The molecular weight excluding hydrogens is 268 g/mol. The standard InChI is InChI=1S/C12H18N2O2S2/c15-11(10-2-6-16-7-3-10)13-4-1-8-17-12-14-5-9-18-12/h5,9-10H,1-4,6-8H2,(H,13,15). The number of rotatable bonds is 6. The first-order valence-corrected chi connectivity index (χ1v) is 8.10. The number of aromatic nitrogens is 1. The molecule has 0 atom stereocenters. The summed E-state index contributed by atoms with van der Waals surface area (Å²) in [6.45, 7) is 2.20. The van der Waals surface area contributed by atoms with Crippen molar-refractivity contribution in [1.82, 2.24) is 10.3 Å². The third-order valence-corrected chi connectivity index (χ3v) is 4.90. The molecule has 1 N–H and O–H groups in total. The molecule has 0 radical (unpaired) electrons. The second kappa shape index (κ2) is 7.76. The number of amides is 1. The number of hydrogen-bond donors (Lipinski definition) is 1. The highest BCUT2D eigenvalue weighted by molar-refractivity contribution is 8.00. The van der Waals surface area contributed by atoms with Crippen LogP contribution in [-0.2, 0) is 9.53 Å². The van der Waals surface area contributed by atoms with Crippen molar-refractivity contribution in [2.75, 3.05) is 25.5 Å². The van der Waals surface area contributed by atoms with Gasteiger partial charge in [-0.3, -0.25) is 4.79 Å². The van der Waals surface area contributed by atoms with Crippen molar-refractivity contribution >= 4 is 29.0 Å². The Morgan fingerprint density at radius 1 is 1.56 bits per heavy atom. The Kier molecular flexibility index (Phi) is 5.96. The average molecular weight is 286 g/mol. The maximum atomic E-state index is 11.8. The summed E-state index contributed by atoms with van der Waals surface area (Å²) in [4.78, 5) is 16.0. The van der Waals surface area contributed by atoms with Crippen LogP contribution < -0.4 is 5.32 Å². The molecule has 2 rings (SSSR count). The van der Waals surface area contributed by atoms with Crippen molar-refractivity contribution in [2.24, 2.45) is 5.92 Å². The number of nitrogens with one attached hydrogen (secondary N) is 1. The van der Waals surface area contributed by atoms with Crippen molar-refractivity contribution in [1.29, 1.82) is 0 Å². The predicted octanol–water partition coefficient (Wildman–Crippen LogP) is 2.17. The third kappa shape index (κ3) is 4.59. The van der Waals surface area contributed by atoms with Gasteiger partial charge in [0.25, 0.3) is 0 Å². The molecule has 1 saturated heterocycles. The van der Waals surface area contributed by atoms with Gasteiger partial charge < -0.3 is 10.1 Å². The largest absolute Gasteiger partial charge is 0.381 e. The van der Waals surface area contributed by atoms with E-state index in [2.05, 4.69) is 10.3 Å². The number of carbonyl (C=O) groups is 1. The molecule has 100 valence electrons. The van der Waals surface area contributed by atoms with Crippen LogP contribution >= 0.6 is 23.1 Å². The van der Waals surface area contributed by atoms with E-state index in [1.165, 1.54) is 0 Å². The summed E-state index contributed by atoms with van der Waals surface area (Å²) in [7, 11) is 0. The van der Waals surface area contributed by atoms with Crippen LogP contribution in [0.4, 0.5) is 0 Å². The smallest absolute Gasteiger partial charge is 0.223 e. The first-order chi connectivity index (χ1) is 8.86. The molecule has 18 heavy (non-hydrogen) atoms. The molecule has 0 bridgehead atoms. The number of ether oxygens (including phenoxy) is 1. The lowest BCUT2D eigenvalue weighted by Gasteiger charge is -2.21. The highest BCUT2D eigenvalue weighted by Gasteiger charge is 2.20. The zero-order valence-corrected chi connectivity index (χ0v) is 11.9. The van der Waals surface area contributed by atoms with E-state index < -0.39 is 0 Å². The van der Waals surface area contributed by atoms with Crippen molar-refractivity contribution in [3.63, 3.8) is 0 Å². The molecule has 1 aromatic heterocycles. The van der Waals surface area contributed by atoms with Crippen LogP contribution in [0.25, 0.3) is 0 Å². The van der Waals surface area contributed by atoms with Gasteiger partial charge >= 0.3 is 0 Å². The Balaban J connectivity index is 1.53. The molecule has 1 aromatic rings. The van der Waals surface area contributed by atoms with Crippen LogP contribution in [0.5, 0.6) is 0 Å². The number of carbonyl (C=O) groups excluding carboxylic acids is 1. The lowest BCUT2D eigenvalue weighted by Crippen LogP contribution is -2.34. The minimum absolute atomic E-state index is 0.158. The highest BCUT2D eigenvalue weighted by atomic mass is 32.2. The van der Waals surface area contributed by atoms with Crippen molar-refractivity contribution in [2.45, 2.75) is 23.6 Å². The summed E-state index contributed by atoms with van der Waals surface area (Å²) in [5, 5.41) is 4.99. The summed E-state index contributed by atoms with van der Waals surface area (Å²) in [5.74, 6) is 1.35. The lowest BCUT2D eigenvalue weighted by atomic mass is 9.99. The molecule has 1 aliphatic heterocycles. The number of hydrogen-bond acceptors (Lipinski definition) is 5. The molecule has 6 heteroatoms. The van der Waals surface area contributed by atoms with Gasteiger partial charge in [0.15, 0.2) is 0 Å². The summed E-state index contributed by atoms with van der Waals surface area (Å²) in [6.07, 6.45) is 4.53. The van der Waals surface area contributed by atoms with E-state index >= 15 is 0 Å². The molecule has 1 fully saturated rings. The average Bonchev–Trinajstić information content (AvgIpc) is 2.92. The molecule has 1 amide bonds. The van der Waals surface area contributed by atoms with Crippen molar-refractivity contribution in [3.05, 3.63) is 11.6 Å². The Morgan fingerprint density at radius 2 is 2.39 bits per heavy atom. The fourth-order valence-corrected chi connectivity index (χ4v) is 3.48. The highest BCUT2D eigenvalue weighted by Crippen LogP contribution is 2.20. The second-order valence-corrected chi connectivity index (χ2v) is 6.41. The van der Waals surface area contributed by atoms with Gasteiger partial charge in [-0.2, -0.15) is 0 Å². The SMILES string of the molecule is O=C(NCCCSc1nccs1)C1CCOCC1. The number of thioether (sulfide) groups is 1. The fraction of sp³-hybridized carbons (Fsp3) is 0.667. The van der Waals surface area contributed by atoms with E-state index in [0.717, 1.165) is 49.1 Å². The molecule has 0 unspecified atom stereocenters. The van der Waals surface area contributed by atoms with E-state index in [-0.39, 0.29) is 11.8 Å². The first kappa shape index (κ1) is 13.8. The minimum Gasteiger partial charge on any atom is -0.381 e. The quantitative estimate of drug-likeness (QED) is 0.643. The molecule has 0 spiro atoms. The maximum absolute atomic E-state index is 11.8. The van der Waals surface area contributed by atoms with Crippen molar-refractivity contribution < 1.29 is 9.53 Å². The second-order valence-electron chi connectivity index (χ2n) is 4.18. The molecule has 0 aliphatic carbocycles. The van der Waals surface area contributed by atoms with E-state index in [1.54, 1.807) is 23.1 Å². The molecule has 2 heterocycles. The van der Waals surface area contributed by atoms with E-state index in [4.69, 9.17) is 4.74 Å². The summed E-state index contributed by atoms with van der Waals surface area (Å²) in [6, 6.07) is 0. The van der Waals surface area contributed by atoms with Crippen LogP contribution in [0.3, 0.4) is 0 Å². The van der Waals surface area contributed by atoms with Crippen LogP contribution in [0.1, 0.15) is 19.3 Å².